The van der Waals surface area contributed by atoms with Gasteiger partial charge in [0.25, 0.3) is 0 Å². The summed E-state index contributed by atoms with van der Waals surface area (Å²) in [7, 11) is 0. The summed E-state index contributed by atoms with van der Waals surface area (Å²) in [4.78, 5) is 51.5. The Hall–Kier alpha value is -2.76. The molecule has 150 valence electrons. The normalized spacial score (nSPS) is 33.5. The van der Waals surface area contributed by atoms with Gasteiger partial charge in [-0.25, -0.2) is 0 Å². The molecule has 29 heavy (non-hydrogen) atoms. The third kappa shape index (κ3) is 2.76. The highest BCUT2D eigenvalue weighted by molar-refractivity contribution is 6.08. The lowest BCUT2D eigenvalue weighted by Crippen LogP contribution is -2.40. The second kappa shape index (κ2) is 6.37. The number of nitrogens with zero attached hydrogens (tertiary/aromatic N) is 1. The summed E-state index contributed by atoms with van der Waals surface area (Å²) in [6, 6.07) is 5.52. The van der Waals surface area contributed by atoms with Crippen LogP contribution in [-0.4, -0.2) is 41.6 Å². The summed E-state index contributed by atoms with van der Waals surface area (Å²) in [5.41, 5.74) is 2.27. The molecule has 0 aromatic heterocycles. The Balaban J connectivity index is 1.23. The van der Waals surface area contributed by atoms with Gasteiger partial charge in [0.2, 0.25) is 17.6 Å². The Morgan fingerprint density at radius 1 is 1.03 bits per heavy atom. The molecule has 6 unspecified atom stereocenters. The lowest BCUT2D eigenvalue weighted by molar-refractivity contribution is -0.152. The molecular weight excluding hydrogens is 370 g/mol. The van der Waals surface area contributed by atoms with Gasteiger partial charge >= 0.3 is 5.97 Å². The molecule has 2 amide bonds. The van der Waals surface area contributed by atoms with Gasteiger partial charge in [-0.2, -0.15) is 0 Å². The van der Waals surface area contributed by atoms with Crippen molar-refractivity contribution in [2.45, 2.75) is 20.3 Å². The Morgan fingerprint density at radius 3 is 2.28 bits per heavy atom. The molecule has 6 atom stereocenters. The first-order valence-electron chi connectivity index (χ1n) is 10.2. The predicted octanol–water partition coefficient (Wildman–Crippen LogP) is 2.08. The maximum Gasteiger partial charge on any atom is 0.326 e. The third-order valence-corrected chi connectivity index (χ3v) is 7.10. The van der Waals surface area contributed by atoms with Crippen LogP contribution >= 0.6 is 0 Å². The van der Waals surface area contributed by atoms with E-state index in [0.29, 0.717) is 17.4 Å². The summed E-state index contributed by atoms with van der Waals surface area (Å²) in [5, 5.41) is 0. The molecule has 2 saturated carbocycles. The van der Waals surface area contributed by atoms with Crippen LogP contribution in [0, 0.1) is 49.4 Å². The second-order valence-electron chi connectivity index (χ2n) is 8.82. The van der Waals surface area contributed by atoms with Gasteiger partial charge in [0.15, 0.2) is 6.61 Å². The van der Waals surface area contributed by atoms with E-state index in [1.165, 1.54) is 0 Å². The van der Waals surface area contributed by atoms with Gasteiger partial charge in [-0.15, -0.1) is 0 Å². The lowest BCUT2D eigenvalue weighted by atomic mass is 9.63. The van der Waals surface area contributed by atoms with Crippen LogP contribution in [0.2, 0.25) is 0 Å². The minimum Gasteiger partial charge on any atom is -0.456 e. The monoisotopic (exact) mass is 393 g/mol. The van der Waals surface area contributed by atoms with Crippen LogP contribution in [0.15, 0.2) is 30.4 Å². The molecule has 0 radical (unpaired) electrons. The number of Topliss-reactive ketones (excluding diaryl/α,β-unsaturated/α-hetero) is 1. The smallest absolute Gasteiger partial charge is 0.326 e. The minimum absolute atomic E-state index is 0.123. The fraction of sp³-hybridized carbons (Fsp3) is 0.478. The standard InChI is InChI=1S/C23H23NO5/c1-11-3-4-12(2)15(7-11)18(25)10-29-19(26)9-24-22(27)20-13-5-6-14(17-8-16(13)17)21(20)23(24)28/h3-7,13-14,16-17,20-21H,8-10H2,1-2H3. The summed E-state index contributed by atoms with van der Waals surface area (Å²) >= 11 is 0. The molecule has 1 aromatic rings. The maximum absolute atomic E-state index is 12.9. The van der Waals surface area contributed by atoms with Crippen molar-refractivity contribution < 1.29 is 23.9 Å². The number of likely N-dealkylation sites (tertiary alicyclic amines) is 1. The SMILES string of the molecule is Cc1ccc(C)c(C(=O)COC(=O)CN2C(=O)C3C4C=CC(C5CC45)C3C2=O)c1. The molecule has 6 nitrogen and oxygen atoms in total. The molecule has 1 saturated heterocycles. The summed E-state index contributed by atoms with van der Waals surface area (Å²) in [5.74, 6) is -0.919. The van der Waals surface area contributed by atoms with E-state index in [2.05, 4.69) is 12.2 Å². The van der Waals surface area contributed by atoms with Crippen LogP contribution in [0.25, 0.3) is 0 Å². The fourth-order valence-electron chi connectivity index (χ4n) is 5.61. The number of allylic oxidation sites excluding steroid dienone is 2. The van der Waals surface area contributed by atoms with E-state index in [9.17, 15) is 19.2 Å². The van der Waals surface area contributed by atoms with Crippen molar-refractivity contribution in [2.75, 3.05) is 13.2 Å². The van der Waals surface area contributed by atoms with Crippen molar-refractivity contribution >= 4 is 23.6 Å². The number of imide groups is 1. The van der Waals surface area contributed by atoms with E-state index < -0.39 is 19.1 Å². The number of aryl methyl sites for hydroxylation is 2. The first kappa shape index (κ1) is 18.3. The Kier molecular flexibility index (Phi) is 4.02. The van der Waals surface area contributed by atoms with Gasteiger partial charge in [-0.1, -0.05) is 29.8 Å². The Morgan fingerprint density at radius 2 is 1.66 bits per heavy atom. The first-order chi connectivity index (χ1) is 13.9. The quantitative estimate of drug-likeness (QED) is 0.331. The number of ether oxygens (including phenoxy) is 1. The zero-order valence-electron chi connectivity index (χ0n) is 16.5. The lowest BCUT2D eigenvalue weighted by Gasteiger charge is -2.37. The average Bonchev–Trinajstić information content (AvgIpc) is 3.49. The van der Waals surface area contributed by atoms with Crippen LogP contribution in [0.5, 0.6) is 0 Å². The molecule has 4 aliphatic carbocycles. The molecule has 1 heterocycles. The highest BCUT2D eigenvalue weighted by Crippen LogP contribution is 2.65. The van der Waals surface area contributed by atoms with Crippen LogP contribution in [0.1, 0.15) is 27.9 Å². The highest BCUT2D eigenvalue weighted by atomic mass is 16.5. The average molecular weight is 393 g/mol. The topological polar surface area (TPSA) is 80.8 Å². The number of hydrogen-bond donors (Lipinski definition) is 0. The van der Waals surface area contributed by atoms with Crippen LogP contribution in [-0.2, 0) is 19.1 Å². The Labute approximate surface area is 168 Å². The number of ketones is 1. The van der Waals surface area contributed by atoms with Crippen molar-refractivity contribution in [3.05, 3.63) is 47.0 Å². The zero-order chi connectivity index (χ0) is 20.4. The van der Waals surface area contributed by atoms with E-state index in [1.807, 2.05) is 26.0 Å². The first-order valence-corrected chi connectivity index (χ1v) is 10.2. The molecule has 6 heteroatoms. The van der Waals surface area contributed by atoms with E-state index in [1.54, 1.807) is 6.07 Å². The summed E-state index contributed by atoms with van der Waals surface area (Å²) in [6.45, 7) is 2.89. The van der Waals surface area contributed by atoms with Crippen molar-refractivity contribution in [1.82, 2.24) is 4.90 Å². The zero-order valence-corrected chi connectivity index (χ0v) is 16.5. The highest BCUT2D eigenvalue weighted by Gasteiger charge is 2.67. The number of esters is 1. The van der Waals surface area contributed by atoms with Gasteiger partial charge in [-0.05, 0) is 55.6 Å². The largest absolute Gasteiger partial charge is 0.456 e. The minimum atomic E-state index is -0.727. The van der Waals surface area contributed by atoms with Crippen molar-refractivity contribution in [3.63, 3.8) is 0 Å². The molecule has 2 bridgehead atoms. The van der Waals surface area contributed by atoms with E-state index >= 15 is 0 Å². The number of benzene rings is 1. The van der Waals surface area contributed by atoms with Gasteiger partial charge in [0.05, 0.1) is 11.8 Å². The molecular formula is C23H23NO5. The van der Waals surface area contributed by atoms with Crippen molar-refractivity contribution in [1.29, 1.82) is 0 Å². The summed E-state index contributed by atoms with van der Waals surface area (Å²) in [6.07, 6.45) is 5.28. The Bertz CT molecular complexity index is 943. The van der Waals surface area contributed by atoms with Gasteiger partial charge in [0.1, 0.15) is 6.54 Å². The van der Waals surface area contributed by atoms with E-state index in [0.717, 1.165) is 22.4 Å². The third-order valence-electron chi connectivity index (χ3n) is 7.10. The number of amides is 2. The van der Waals surface area contributed by atoms with Crippen LogP contribution in [0.4, 0.5) is 0 Å². The molecule has 0 spiro atoms. The van der Waals surface area contributed by atoms with Crippen molar-refractivity contribution in [3.8, 4) is 0 Å². The number of carbonyl (C=O) groups is 4. The summed E-state index contributed by atoms with van der Waals surface area (Å²) < 4.78 is 5.11. The van der Waals surface area contributed by atoms with Crippen LogP contribution < -0.4 is 0 Å². The molecule has 6 rings (SSSR count). The fourth-order valence-corrected chi connectivity index (χ4v) is 5.61. The molecule has 5 aliphatic rings. The molecule has 1 aliphatic heterocycles. The number of rotatable bonds is 5. The maximum atomic E-state index is 12.9. The number of carbonyl (C=O) groups excluding carboxylic acids is 4. The number of hydrogen-bond acceptors (Lipinski definition) is 5. The second-order valence-corrected chi connectivity index (χ2v) is 8.82. The van der Waals surface area contributed by atoms with Gasteiger partial charge in [0, 0.05) is 5.56 Å². The van der Waals surface area contributed by atoms with Crippen molar-refractivity contribution in [2.24, 2.45) is 35.5 Å². The van der Waals surface area contributed by atoms with Gasteiger partial charge in [-0.3, -0.25) is 24.1 Å². The molecule has 1 aromatic carbocycles. The molecule has 0 N–H and O–H groups in total. The molecule has 3 fully saturated rings. The van der Waals surface area contributed by atoms with Crippen LogP contribution in [0.3, 0.4) is 0 Å². The van der Waals surface area contributed by atoms with E-state index in [4.69, 9.17) is 4.74 Å². The predicted molar refractivity (Wildman–Crippen MR) is 103 cm³/mol. The van der Waals surface area contributed by atoms with Gasteiger partial charge < -0.3 is 4.74 Å². The van der Waals surface area contributed by atoms with E-state index in [-0.39, 0.29) is 41.3 Å².